The minimum Gasteiger partial charge on any atom is -0.444 e. The van der Waals surface area contributed by atoms with Crippen molar-refractivity contribution in [1.82, 2.24) is 30.6 Å². The van der Waals surface area contributed by atoms with Crippen LogP contribution < -0.4 is 10.6 Å². The van der Waals surface area contributed by atoms with Gasteiger partial charge in [-0.05, 0) is 89.8 Å². The van der Waals surface area contributed by atoms with Crippen LogP contribution in [0.1, 0.15) is 52.7 Å². The van der Waals surface area contributed by atoms with Gasteiger partial charge in [-0.3, -0.25) is 9.97 Å². The minimum absolute atomic E-state index is 0.389. The topological polar surface area (TPSA) is 134 Å². The van der Waals surface area contributed by atoms with Crippen LogP contribution in [0.25, 0.3) is 22.1 Å². The first-order valence-electron chi connectivity index (χ1n) is 12.7. The zero-order valence-corrected chi connectivity index (χ0v) is 23.0. The molecule has 38 heavy (non-hydrogen) atoms. The molecule has 0 saturated carbocycles. The molecule has 0 saturated heterocycles. The van der Waals surface area contributed by atoms with Gasteiger partial charge >= 0.3 is 12.2 Å². The third kappa shape index (κ3) is 9.10. The lowest BCUT2D eigenvalue weighted by Crippen LogP contribution is -2.33. The molecule has 4 N–H and O–H groups in total. The average molecular weight is 523 g/mol. The number of alkyl carbamates (subject to hydrolysis) is 2. The molecular weight excluding hydrogens is 484 g/mol. The smallest absolute Gasteiger partial charge is 0.407 e. The summed E-state index contributed by atoms with van der Waals surface area (Å²) in [7, 11) is 0. The first kappa shape index (κ1) is 28.5. The van der Waals surface area contributed by atoms with Gasteiger partial charge in [0.05, 0.1) is 22.1 Å². The summed E-state index contributed by atoms with van der Waals surface area (Å²) in [5, 5.41) is 5.48. The maximum Gasteiger partial charge on any atom is 0.407 e. The third-order valence-corrected chi connectivity index (χ3v) is 5.15. The number of carbonyl (C=O) groups excluding carboxylic acids is 2. The number of aromatic nitrogens is 4. The van der Waals surface area contributed by atoms with E-state index in [1.54, 1.807) is 12.4 Å². The summed E-state index contributed by atoms with van der Waals surface area (Å²) in [4.78, 5) is 38.0. The number of hydrogen-bond acceptors (Lipinski definition) is 6. The fourth-order valence-corrected chi connectivity index (χ4v) is 3.63. The summed E-state index contributed by atoms with van der Waals surface area (Å²) >= 11 is 0. The van der Waals surface area contributed by atoms with Crippen molar-refractivity contribution in [2.75, 3.05) is 13.1 Å². The zero-order valence-electron chi connectivity index (χ0n) is 23.0. The number of fused-ring (bicyclic) bond motifs is 2. The number of H-pyrrole nitrogens is 2. The lowest BCUT2D eigenvalue weighted by molar-refractivity contribution is 0.0517. The summed E-state index contributed by atoms with van der Waals surface area (Å²) in [6.07, 6.45) is 8.04. The number of hydrogen-bond donors (Lipinski definition) is 4. The number of pyridine rings is 2. The summed E-state index contributed by atoms with van der Waals surface area (Å²) in [5.41, 5.74) is 5.17. The highest BCUT2D eigenvalue weighted by Gasteiger charge is 2.16. The Kier molecular flexibility index (Phi) is 9.33. The Hall–Kier alpha value is -4.08. The second kappa shape index (κ2) is 12.4. The van der Waals surface area contributed by atoms with E-state index >= 15 is 0 Å². The first-order chi connectivity index (χ1) is 17.9. The molecule has 0 bridgehead atoms. The summed E-state index contributed by atoms with van der Waals surface area (Å²) < 4.78 is 10.3. The van der Waals surface area contributed by atoms with Crippen LogP contribution in [0.5, 0.6) is 0 Å². The monoisotopic (exact) mass is 522 g/mol. The van der Waals surface area contributed by atoms with Crippen LogP contribution >= 0.6 is 0 Å². The molecule has 4 aromatic heterocycles. The molecule has 2 amide bonds. The zero-order chi connectivity index (χ0) is 27.8. The number of carbonyl (C=O) groups is 2. The van der Waals surface area contributed by atoms with Gasteiger partial charge in [0, 0.05) is 37.9 Å². The van der Waals surface area contributed by atoms with Gasteiger partial charge in [0.1, 0.15) is 11.2 Å². The Bertz CT molecular complexity index is 1240. The van der Waals surface area contributed by atoms with Crippen molar-refractivity contribution in [1.29, 1.82) is 0 Å². The number of aromatic amines is 2. The molecule has 204 valence electrons. The lowest BCUT2D eigenvalue weighted by Gasteiger charge is -2.19. The molecule has 0 aliphatic rings. The number of nitrogens with one attached hydrogen (secondary N) is 4. The van der Waals surface area contributed by atoms with Crippen molar-refractivity contribution in [2.24, 2.45) is 0 Å². The number of nitrogens with zero attached hydrogens (tertiary/aromatic N) is 2. The molecule has 0 aromatic carbocycles. The van der Waals surface area contributed by atoms with E-state index < -0.39 is 11.2 Å². The van der Waals surface area contributed by atoms with Crippen molar-refractivity contribution in [3.05, 3.63) is 60.2 Å². The van der Waals surface area contributed by atoms with Crippen molar-refractivity contribution < 1.29 is 19.1 Å². The Morgan fingerprint density at radius 3 is 1.50 bits per heavy atom. The van der Waals surface area contributed by atoms with Crippen LogP contribution in [0.4, 0.5) is 9.59 Å². The van der Waals surface area contributed by atoms with E-state index in [-0.39, 0.29) is 12.2 Å². The maximum atomic E-state index is 11.5. The maximum absolute atomic E-state index is 11.5. The van der Waals surface area contributed by atoms with Crippen molar-refractivity contribution >= 4 is 34.3 Å². The van der Waals surface area contributed by atoms with Gasteiger partial charge in [-0.1, -0.05) is 0 Å². The van der Waals surface area contributed by atoms with E-state index in [1.807, 2.05) is 78.2 Å². The largest absolute Gasteiger partial charge is 0.444 e. The number of ether oxygens (including phenoxy) is 2. The molecule has 10 heteroatoms. The molecule has 4 rings (SSSR count). The minimum atomic E-state index is -0.466. The quantitative estimate of drug-likeness (QED) is 0.273. The van der Waals surface area contributed by atoms with Crippen molar-refractivity contribution in [2.45, 2.75) is 65.6 Å². The SMILES string of the molecule is CC(C)(C)OC(=O)NCCc1c[nH]c2cccnc12.CC(C)(C)OC(=O)NCCc1c[nH]c2cccnc12. The van der Waals surface area contributed by atoms with Gasteiger partial charge in [-0.2, -0.15) is 0 Å². The van der Waals surface area contributed by atoms with Gasteiger partial charge in [-0.25, -0.2) is 9.59 Å². The summed E-state index contributed by atoms with van der Waals surface area (Å²) in [6.45, 7) is 12.1. The Morgan fingerprint density at radius 2 is 1.13 bits per heavy atom. The molecule has 4 aromatic rings. The number of rotatable bonds is 6. The van der Waals surface area contributed by atoms with E-state index in [9.17, 15) is 9.59 Å². The molecule has 0 fully saturated rings. The van der Waals surface area contributed by atoms with E-state index in [4.69, 9.17) is 9.47 Å². The predicted octanol–water partition coefficient (Wildman–Crippen LogP) is 5.26. The van der Waals surface area contributed by atoms with Crippen LogP contribution in [0, 0.1) is 0 Å². The molecule has 0 spiro atoms. The second-order valence-electron chi connectivity index (χ2n) is 10.8. The van der Waals surface area contributed by atoms with E-state index in [0.717, 1.165) is 46.0 Å². The Labute approximate surface area is 222 Å². The van der Waals surface area contributed by atoms with Crippen LogP contribution in [-0.2, 0) is 22.3 Å². The molecule has 0 aliphatic heterocycles. The van der Waals surface area contributed by atoms with Gasteiger partial charge in [0.15, 0.2) is 0 Å². The standard InChI is InChI=1S/2C14H19N3O2/c2*1-14(2,3)19-13(18)16-8-6-10-9-17-11-5-4-7-15-12(10)11/h2*4-5,7,9,17H,6,8H2,1-3H3,(H,16,18). The Balaban J connectivity index is 0.000000211. The highest BCUT2D eigenvalue weighted by atomic mass is 16.6. The van der Waals surface area contributed by atoms with Gasteiger partial charge in [0.2, 0.25) is 0 Å². The van der Waals surface area contributed by atoms with Crippen LogP contribution in [0.3, 0.4) is 0 Å². The summed E-state index contributed by atoms with van der Waals surface area (Å²) in [5.74, 6) is 0. The predicted molar refractivity (Wildman–Crippen MR) is 148 cm³/mol. The molecule has 4 heterocycles. The molecule has 0 unspecified atom stereocenters. The van der Waals surface area contributed by atoms with Crippen molar-refractivity contribution in [3.8, 4) is 0 Å². The third-order valence-electron chi connectivity index (χ3n) is 5.15. The van der Waals surface area contributed by atoms with Crippen LogP contribution in [0.2, 0.25) is 0 Å². The number of amides is 2. The van der Waals surface area contributed by atoms with Gasteiger partial charge in [0.25, 0.3) is 0 Å². The normalized spacial score (nSPS) is 11.5. The molecule has 10 nitrogen and oxygen atoms in total. The highest BCUT2D eigenvalue weighted by molar-refractivity contribution is 5.79. The Morgan fingerprint density at radius 1 is 0.737 bits per heavy atom. The summed E-state index contributed by atoms with van der Waals surface area (Å²) in [6, 6.07) is 7.74. The van der Waals surface area contributed by atoms with E-state index in [2.05, 4.69) is 30.6 Å². The van der Waals surface area contributed by atoms with Crippen LogP contribution in [0.15, 0.2) is 49.1 Å². The molecule has 0 aliphatic carbocycles. The van der Waals surface area contributed by atoms with Gasteiger partial charge < -0.3 is 30.1 Å². The molecule has 0 atom stereocenters. The van der Waals surface area contributed by atoms with Gasteiger partial charge in [-0.15, -0.1) is 0 Å². The fraction of sp³-hybridized carbons (Fsp3) is 0.429. The lowest BCUT2D eigenvalue weighted by atomic mass is 10.2. The molecule has 0 radical (unpaired) electrons. The van der Waals surface area contributed by atoms with Crippen LogP contribution in [-0.4, -0.2) is 56.4 Å². The fourth-order valence-electron chi connectivity index (χ4n) is 3.63. The molecular formula is C28H38N6O4. The average Bonchev–Trinajstić information content (AvgIpc) is 3.42. The van der Waals surface area contributed by atoms with Crippen molar-refractivity contribution in [3.63, 3.8) is 0 Å². The highest BCUT2D eigenvalue weighted by Crippen LogP contribution is 2.16. The second-order valence-corrected chi connectivity index (χ2v) is 10.8. The van der Waals surface area contributed by atoms with E-state index in [1.165, 1.54) is 0 Å². The first-order valence-corrected chi connectivity index (χ1v) is 12.7. The van der Waals surface area contributed by atoms with E-state index in [0.29, 0.717) is 13.1 Å².